The van der Waals surface area contributed by atoms with Gasteiger partial charge in [0.15, 0.2) is 0 Å². The lowest BCUT2D eigenvalue weighted by atomic mass is 10.2. The molecule has 1 aromatic heterocycles. The van der Waals surface area contributed by atoms with Crippen LogP contribution in [0.3, 0.4) is 0 Å². The molecule has 2 aromatic rings. The summed E-state index contributed by atoms with van der Waals surface area (Å²) in [5.74, 6) is -1.12. The summed E-state index contributed by atoms with van der Waals surface area (Å²) < 4.78 is 1.40. The van der Waals surface area contributed by atoms with Crippen molar-refractivity contribution in [2.75, 3.05) is 0 Å². The standard InChI is InChI=1S/C11H11N5O4/c12-10(11(17)18)5-7-6-15(14-13-7)8-1-3-9(4-2-8)16(19)20/h1-4,6,10H,5,12H2,(H,17,18)/t10-/m0/s1. The molecule has 0 aliphatic carbocycles. The summed E-state index contributed by atoms with van der Waals surface area (Å²) in [6.07, 6.45) is 1.59. The van der Waals surface area contributed by atoms with Gasteiger partial charge in [0.2, 0.25) is 0 Å². The molecule has 0 aliphatic heterocycles. The molecule has 1 atom stereocenters. The molecular formula is C11H11N5O4. The van der Waals surface area contributed by atoms with Crippen molar-refractivity contribution in [2.24, 2.45) is 5.73 Å². The normalized spacial score (nSPS) is 12.1. The number of nitro groups is 1. The van der Waals surface area contributed by atoms with E-state index in [0.717, 1.165) is 0 Å². The smallest absolute Gasteiger partial charge is 0.320 e. The molecule has 0 amide bonds. The average Bonchev–Trinajstić information content (AvgIpc) is 2.87. The van der Waals surface area contributed by atoms with Gasteiger partial charge in [-0.1, -0.05) is 5.21 Å². The van der Waals surface area contributed by atoms with Crippen molar-refractivity contribution in [1.82, 2.24) is 15.0 Å². The summed E-state index contributed by atoms with van der Waals surface area (Å²) in [6, 6.07) is 4.69. The number of nitrogens with two attached hydrogens (primary N) is 1. The van der Waals surface area contributed by atoms with E-state index in [0.29, 0.717) is 11.4 Å². The van der Waals surface area contributed by atoms with Gasteiger partial charge in [-0.05, 0) is 12.1 Å². The molecule has 20 heavy (non-hydrogen) atoms. The monoisotopic (exact) mass is 277 g/mol. The highest BCUT2D eigenvalue weighted by atomic mass is 16.6. The number of hydrogen-bond acceptors (Lipinski definition) is 6. The van der Waals surface area contributed by atoms with E-state index < -0.39 is 16.9 Å². The van der Waals surface area contributed by atoms with Crippen LogP contribution in [0.4, 0.5) is 5.69 Å². The van der Waals surface area contributed by atoms with Crippen molar-refractivity contribution in [3.8, 4) is 5.69 Å². The zero-order chi connectivity index (χ0) is 14.7. The molecule has 9 nitrogen and oxygen atoms in total. The minimum Gasteiger partial charge on any atom is -0.480 e. The number of hydrogen-bond donors (Lipinski definition) is 2. The number of carboxylic acid groups (broad SMARTS) is 1. The molecule has 0 radical (unpaired) electrons. The van der Waals surface area contributed by atoms with Crippen LogP contribution in [0.2, 0.25) is 0 Å². The molecule has 0 aliphatic rings. The van der Waals surface area contributed by atoms with E-state index in [1.807, 2.05) is 0 Å². The number of rotatable bonds is 5. The van der Waals surface area contributed by atoms with Gasteiger partial charge in [-0.15, -0.1) is 5.10 Å². The Balaban J connectivity index is 2.16. The maximum atomic E-state index is 10.6. The van der Waals surface area contributed by atoms with E-state index in [1.54, 1.807) is 0 Å². The lowest BCUT2D eigenvalue weighted by Crippen LogP contribution is -2.32. The van der Waals surface area contributed by atoms with Gasteiger partial charge in [0, 0.05) is 18.6 Å². The zero-order valence-corrected chi connectivity index (χ0v) is 10.2. The van der Waals surface area contributed by atoms with Gasteiger partial charge >= 0.3 is 5.97 Å². The lowest BCUT2D eigenvalue weighted by molar-refractivity contribution is -0.384. The number of carboxylic acids is 1. The van der Waals surface area contributed by atoms with Crippen molar-refractivity contribution < 1.29 is 14.8 Å². The fourth-order valence-electron chi connectivity index (χ4n) is 1.56. The molecule has 0 unspecified atom stereocenters. The number of aromatic nitrogens is 3. The Labute approximate surface area is 112 Å². The maximum absolute atomic E-state index is 10.6. The minimum absolute atomic E-state index is 0.0259. The van der Waals surface area contributed by atoms with Crippen LogP contribution < -0.4 is 5.73 Å². The van der Waals surface area contributed by atoms with Crippen LogP contribution in [0.15, 0.2) is 30.5 Å². The second kappa shape index (κ2) is 5.45. The zero-order valence-electron chi connectivity index (χ0n) is 10.2. The fourth-order valence-corrected chi connectivity index (χ4v) is 1.56. The topological polar surface area (TPSA) is 137 Å². The van der Waals surface area contributed by atoms with Gasteiger partial charge in [-0.25, -0.2) is 4.68 Å². The van der Waals surface area contributed by atoms with E-state index in [9.17, 15) is 14.9 Å². The van der Waals surface area contributed by atoms with Crippen LogP contribution >= 0.6 is 0 Å². The molecule has 9 heteroatoms. The number of benzene rings is 1. The Morgan fingerprint density at radius 1 is 1.45 bits per heavy atom. The molecule has 0 fully saturated rings. The first-order valence-corrected chi connectivity index (χ1v) is 5.62. The van der Waals surface area contributed by atoms with Crippen LogP contribution in [-0.2, 0) is 11.2 Å². The highest BCUT2D eigenvalue weighted by molar-refractivity contribution is 5.73. The number of nitrogens with zero attached hydrogens (tertiary/aromatic N) is 4. The largest absolute Gasteiger partial charge is 0.480 e. The summed E-state index contributed by atoms with van der Waals surface area (Å²) in [7, 11) is 0. The third-order valence-corrected chi connectivity index (χ3v) is 2.61. The van der Waals surface area contributed by atoms with Gasteiger partial charge in [0.25, 0.3) is 5.69 Å². The van der Waals surface area contributed by atoms with Gasteiger partial charge < -0.3 is 10.8 Å². The fraction of sp³-hybridized carbons (Fsp3) is 0.182. The Morgan fingerprint density at radius 2 is 2.10 bits per heavy atom. The van der Waals surface area contributed by atoms with E-state index >= 15 is 0 Å². The molecule has 104 valence electrons. The highest BCUT2D eigenvalue weighted by Gasteiger charge is 2.15. The van der Waals surface area contributed by atoms with E-state index in [2.05, 4.69) is 10.3 Å². The second-order valence-electron chi connectivity index (χ2n) is 4.08. The van der Waals surface area contributed by atoms with Gasteiger partial charge in [-0.2, -0.15) is 0 Å². The first kappa shape index (κ1) is 13.6. The Kier molecular flexibility index (Phi) is 3.71. The van der Waals surface area contributed by atoms with Crippen LogP contribution in [0.5, 0.6) is 0 Å². The molecule has 0 bridgehead atoms. The average molecular weight is 277 g/mol. The molecule has 0 saturated heterocycles. The molecule has 3 N–H and O–H groups in total. The predicted molar refractivity (Wildman–Crippen MR) is 67.3 cm³/mol. The van der Waals surface area contributed by atoms with Gasteiger partial charge in [-0.3, -0.25) is 14.9 Å². The SMILES string of the molecule is N[C@@H](Cc1cn(-c2ccc([N+](=O)[O-])cc2)nn1)C(=O)O. The van der Waals surface area contributed by atoms with Crippen molar-refractivity contribution in [3.63, 3.8) is 0 Å². The van der Waals surface area contributed by atoms with E-state index in [1.165, 1.54) is 35.1 Å². The molecule has 0 spiro atoms. The number of non-ortho nitro benzene ring substituents is 1. The van der Waals surface area contributed by atoms with Crippen LogP contribution in [-0.4, -0.2) is 37.0 Å². The quantitative estimate of drug-likeness (QED) is 0.585. The Morgan fingerprint density at radius 3 is 2.65 bits per heavy atom. The van der Waals surface area contributed by atoms with Crippen LogP contribution in [0, 0.1) is 10.1 Å². The number of carbonyl (C=O) groups is 1. The highest BCUT2D eigenvalue weighted by Crippen LogP contribution is 2.14. The van der Waals surface area contributed by atoms with Crippen LogP contribution in [0.1, 0.15) is 5.69 Å². The molecule has 1 aromatic carbocycles. The maximum Gasteiger partial charge on any atom is 0.320 e. The number of nitro benzene ring substituents is 1. The van der Waals surface area contributed by atoms with Gasteiger partial charge in [0.05, 0.1) is 22.5 Å². The summed E-state index contributed by atoms with van der Waals surface area (Å²) in [4.78, 5) is 20.7. The summed E-state index contributed by atoms with van der Waals surface area (Å²) >= 11 is 0. The van der Waals surface area contributed by atoms with Crippen molar-refractivity contribution in [3.05, 3.63) is 46.3 Å². The Hall–Kier alpha value is -2.81. The van der Waals surface area contributed by atoms with E-state index in [-0.39, 0.29) is 12.1 Å². The third-order valence-electron chi connectivity index (χ3n) is 2.61. The van der Waals surface area contributed by atoms with Crippen molar-refractivity contribution in [1.29, 1.82) is 0 Å². The summed E-state index contributed by atoms with van der Waals surface area (Å²) in [6.45, 7) is 0. The minimum atomic E-state index is -1.12. The van der Waals surface area contributed by atoms with Gasteiger partial charge in [0.1, 0.15) is 6.04 Å². The second-order valence-corrected chi connectivity index (χ2v) is 4.08. The summed E-state index contributed by atoms with van der Waals surface area (Å²) in [5, 5.41) is 26.9. The molecule has 2 rings (SSSR count). The lowest BCUT2D eigenvalue weighted by Gasteiger charge is -2.01. The van der Waals surface area contributed by atoms with E-state index in [4.69, 9.17) is 10.8 Å². The summed E-state index contributed by atoms with van der Waals surface area (Å²) in [5.41, 5.74) is 6.38. The van der Waals surface area contributed by atoms with Crippen molar-refractivity contribution >= 4 is 11.7 Å². The predicted octanol–water partition coefficient (Wildman–Crippen LogP) is 0.130. The Bertz CT molecular complexity index is 637. The third kappa shape index (κ3) is 2.95. The molecule has 0 saturated carbocycles. The number of aliphatic carboxylic acids is 1. The molecular weight excluding hydrogens is 266 g/mol. The molecule has 1 heterocycles. The van der Waals surface area contributed by atoms with Crippen molar-refractivity contribution in [2.45, 2.75) is 12.5 Å². The first-order valence-electron chi connectivity index (χ1n) is 5.62. The first-order chi connectivity index (χ1) is 9.47. The van der Waals surface area contributed by atoms with Crippen LogP contribution in [0.25, 0.3) is 5.69 Å².